The fourth-order valence-electron chi connectivity index (χ4n) is 3.31. The molecule has 3 rings (SSSR count). The lowest BCUT2D eigenvalue weighted by Gasteiger charge is -2.26. The molecule has 1 aliphatic heterocycles. The Morgan fingerprint density at radius 1 is 1.03 bits per heavy atom. The molecule has 0 radical (unpaired) electrons. The average molecular weight is 556 g/mol. The maximum Gasteiger partial charge on any atom is 0.195 e. The topological polar surface area (TPSA) is 76.6 Å². The Hall–Kier alpha value is -2.24. The lowest BCUT2D eigenvalue weighted by atomic mass is 10.2. The number of hydrogen-bond donors (Lipinski definition) is 2. The minimum Gasteiger partial charge on any atom is -0.493 e. The van der Waals surface area contributed by atoms with Crippen LogP contribution in [0.3, 0.4) is 0 Å². The first-order valence-electron chi connectivity index (χ1n) is 10.4. The van der Waals surface area contributed by atoms with E-state index in [2.05, 4.69) is 26.6 Å². The SMILES string of the molecule is CN=C(NCc1ccccc1OCCN1CCOCC1)Nc1ccc(OC)c(OC)c1.I. The number of hydrogen-bond acceptors (Lipinski definition) is 6. The summed E-state index contributed by atoms with van der Waals surface area (Å²) in [5.74, 6) is 2.86. The van der Waals surface area contributed by atoms with Crippen molar-refractivity contribution in [3.8, 4) is 17.2 Å². The van der Waals surface area contributed by atoms with E-state index in [-0.39, 0.29) is 24.0 Å². The largest absolute Gasteiger partial charge is 0.493 e. The van der Waals surface area contributed by atoms with Crippen molar-refractivity contribution in [1.82, 2.24) is 10.2 Å². The first-order valence-corrected chi connectivity index (χ1v) is 10.4. The van der Waals surface area contributed by atoms with Crippen LogP contribution in [0.25, 0.3) is 0 Å². The summed E-state index contributed by atoms with van der Waals surface area (Å²) in [6.45, 7) is 5.65. The number of anilines is 1. The standard InChI is InChI=1S/C23H32N4O4.HI/c1-24-23(26-19-8-9-21(28-2)22(16-19)29-3)25-17-18-6-4-5-7-20(18)31-15-12-27-10-13-30-14-11-27;/h4-9,16H,10-15,17H2,1-3H3,(H2,24,25,26);1H. The molecule has 8 nitrogen and oxygen atoms in total. The van der Waals surface area contributed by atoms with Crippen molar-refractivity contribution in [2.75, 3.05) is 66.0 Å². The fourth-order valence-corrected chi connectivity index (χ4v) is 3.31. The number of benzene rings is 2. The van der Waals surface area contributed by atoms with Gasteiger partial charge < -0.3 is 29.6 Å². The molecule has 1 fully saturated rings. The highest BCUT2D eigenvalue weighted by Gasteiger charge is 2.11. The van der Waals surface area contributed by atoms with Crippen molar-refractivity contribution in [2.45, 2.75) is 6.54 Å². The molecule has 9 heteroatoms. The molecular weight excluding hydrogens is 523 g/mol. The van der Waals surface area contributed by atoms with Crippen molar-refractivity contribution in [1.29, 1.82) is 0 Å². The lowest BCUT2D eigenvalue weighted by Crippen LogP contribution is -2.38. The van der Waals surface area contributed by atoms with Gasteiger partial charge in [0.1, 0.15) is 12.4 Å². The van der Waals surface area contributed by atoms with E-state index in [9.17, 15) is 0 Å². The van der Waals surface area contributed by atoms with E-state index in [0.717, 1.165) is 49.8 Å². The zero-order valence-electron chi connectivity index (χ0n) is 18.9. The van der Waals surface area contributed by atoms with E-state index >= 15 is 0 Å². The summed E-state index contributed by atoms with van der Waals surface area (Å²) in [6, 6.07) is 13.7. The van der Waals surface area contributed by atoms with Crippen LogP contribution >= 0.6 is 24.0 Å². The first kappa shape index (κ1) is 26.0. The Balaban J connectivity index is 0.00000363. The zero-order valence-corrected chi connectivity index (χ0v) is 21.3. The van der Waals surface area contributed by atoms with Crippen LogP contribution in [0.4, 0.5) is 5.69 Å². The quantitative estimate of drug-likeness (QED) is 0.279. The minimum absolute atomic E-state index is 0. The van der Waals surface area contributed by atoms with Gasteiger partial charge >= 0.3 is 0 Å². The molecule has 0 amide bonds. The summed E-state index contributed by atoms with van der Waals surface area (Å²) in [5, 5.41) is 6.61. The van der Waals surface area contributed by atoms with Crippen LogP contribution in [0, 0.1) is 0 Å². The number of nitrogens with one attached hydrogen (secondary N) is 2. The van der Waals surface area contributed by atoms with Crippen molar-refractivity contribution < 1.29 is 18.9 Å². The van der Waals surface area contributed by atoms with Gasteiger partial charge in [-0.1, -0.05) is 18.2 Å². The molecule has 2 aromatic carbocycles. The predicted octanol–water partition coefficient (Wildman–Crippen LogP) is 3.22. The molecule has 0 unspecified atom stereocenters. The number of rotatable bonds is 9. The summed E-state index contributed by atoms with van der Waals surface area (Å²) in [7, 11) is 4.97. The molecule has 32 heavy (non-hydrogen) atoms. The normalized spacial score (nSPS) is 14.3. The maximum absolute atomic E-state index is 6.07. The molecule has 0 spiro atoms. The third-order valence-corrected chi connectivity index (χ3v) is 5.06. The highest BCUT2D eigenvalue weighted by molar-refractivity contribution is 14.0. The van der Waals surface area contributed by atoms with Crippen molar-refractivity contribution >= 4 is 35.6 Å². The van der Waals surface area contributed by atoms with Crippen LogP contribution in [-0.2, 0) is 11.3 Å². The third kappa shape index (κ3) is 7.72. The number of nitrogens with zero attached hydrogens (tertiary/aromatic N) is 2. The van der Waals surface area contributed by atoms with E-state index in [4.69, 9.17) is 18.9 Å². The molecule has 0 aliphatic carbocycles. The van der Waals surface area contributed by atoms with Crippen LogP contribution in [0.1, 0.15) is 5.56 Å². The van der Waals surface area contributed by atoms with Gasteiger partial charge in [0.15, 0.2) is 17.5 Å². The molecule has 2 N–H and O–H groups in total. The van der Waals surface area contributed by atoms with Gasteiger partial charge in [-0.25, -0.2) is 0 Å². The highest BCUT2D eigenvalue weighted by atomic mass is 127. The smallest absolute Gasteiger partial charge is 0.195 e. The number of ether oxygens (including phenoxy) is 4. The summed E-state index contributed by atoms with van der Waals surface area (Å²) in [5.41, 5.74) is 1.92. The number of para-hydroxylation sites is 1. The van der Waals surface area contributed by atoms with Crippen molar-refractivity contribution in [2.24, 2.45) is 4.99 Å². The molecule has 176 valence electrons. The van der Waals surface area contributed by atoms with Gasteiger partial charge in [0, 0.05) is 50.5 Å². The predicted molar refractivity (Wildman–Crippen MR) is 138 cm³/mol. The zero-order chi connectivity index (χ0) is 21.9. The second-order valence-corrected chi connectivity index (χ2v) is 7.03. The number of aliphatic imine (C=N–C) groups is 1. The van der Waals surface area contributed by atoms with Gasteiger partial charge in [-0.15, -0.1) is 24.0 Å². The second kappa shape index (κ2) is 14.0. The molecule has 1 heterocycles. The summed E-state index contributed by atoms with van der Waals surface area (Å²) < 4.78 is 22.1. The van der Waals surface area contributed by atoms with Crippen LogP contribution < -0.4 is 24.8 Å². The molecular formula is C23H33IN4O4. The second-order valence-electron chi connectivity index (χ2n) is 7.03. The third-order valence-electron chi connectivity index (χ3n) is 5.06. The Labute approximate surface area is 207 Å². The number of methoxy groups -OCH3 is 2. The molecule has 2 aromatic rings. The van der Waals surface area contributed by atoms with Gasteiger partial charge in [0.05, 0.1) is 27.4 Å². The molecule has 0 bridgehead atoms. The van der Waals surface area contributed by atoms with E-state index in [0.29, 0.717) is 30.6 Å². The Morgan fingerprint density at radius 2 is 1.78 bits per heavy atom. The van der Waals surface area contributed by atoms with Crippen LogP contribution in [0.2, 0.25) is 0 Å². The van der Waals surface area contributed by atoms with Crippen LogP contribution in [0.15, 0.2) is 47.5 Å². The van der Waals surface area contributed by atoms with Crippen molar-refractivity contribution in [3.05, 3.63) is 48.0 Å². The summed E-state index contributed by atoms with van der Waals surface area (Å²) in [4.78, 5) is 6.67. The molecule has 0 aromatic heterocycles. The molecule has 1 saturated heterocycles. The molecule has 0 atom stereocenters. The monoisotopic (exact) mass is 556 g/mol. The first-order chi connectivity index (χ1) is 15.2. The van der Waals surface area contributed by atoms with E-state index in [1.54, 1.807) is 21.3 Å². The summed E-state index contributed by atoms with van der Waals surface area (Å²) >= 11 is 0. The number of guanidine groups is 1. The lowest BCUT2D eigenvalue weighted by molar-refractivity contribution is 0.0322. The average Bonchev–Trinajstić information content (AvgIpc) is 2.83. The van der Waals surface area contributed by atoms with Crippen LogP contribution in [0.5, 0.6) is 17.2 Å². The highest BCUT2D eigenvalue weighted by Crippen LogP contribution is 2.29. The maximum atomic E-state index is 6.07. The Morgan fingerprint density at radius 3 is 2.50 bits per heavy atom. The van der Waals surface area contributed by atoms with Gasteiger partial charge in [-0.05, 0) is 18.2 Å². The van der Waals surface area contributed by atoms with Gasteiger partial charge in [-0.3, -0.25) is 9.89 Å². The van der Waals surface area contributed by atoms with Crippen molar-refractivity contribution in [3.63, 3.8) is 0 Å². The Kier molecular flexibility index (Phi) is 11.4. The van der Waals surface area contributed by atoms with E-state index < -0.39 is 0 Å². The summed E-state index contributed by atoms with van der Waals surface area (Å²) in [6.07, 6.45) is 0. The molecule has 1 aliphatic rings. The minimum atomic E-state index is 0. The van der Waals surface area contributed by atoms with Crippen LogP contribution in [-0.4, -0.2) is 71.6 Å². The van der Waals surface area contributed by atoms with Gasteiger partial charge in [-0.2, -0.15) is 0 Å². The van der Waals surface area contributed by atoms with E-state index in [1.807, 2.05) is 36.4 Å². The Bertz CT molecular complexity index is 860. The number of morpholine rings is 1. The van der Waals surface area contributed by atoms with E-state index in [1.165, 1.54) is 0 Å². The number of halogens is 1. The van der Waals surface area contributed by atoms with Gasteiger partial charge in [0.25, 0.3) is 0 Å². The fraction of sp³-hybridized carbons (Fsp3) is 0.435. The molecule has 0 saturated carbocycles. The van der Waals surface area contributed by atoms with Gasteiger partial charge in [0.2, 0.25) is 0 Å².